The summed E-state index contributed by atoms with van der Waals surface area (Å²) in [5.74, 6) is 1.39. The van der Waals surface area contributed by atoms with Crippen LogP contribution < -0.4 is 5.32 Å². The van der Waals surface area contributed by atoms with Gasteiger partial charge in [0.25, 0.3) is 0 Å². The Labute approximate surface area is 358 Å². The molecule has 4 heterocycles. The highest BCUT2D eigenvalue weighted by Crippen LogP contribution is 2.43. The zero-order valence-electron chi connectivity index (χ0n) is 33.6. The lowest BCUT2D eigenvalue weighted by Gasteiger charge is -2.25. The van der Waals surface area contributed by atoms with Gasteiger partial charge in [-0.3, -0.25) is 4.57 Å². The van der Waals surface area contributed by atoms with E-state index < -0.39 is 0 Å². The van der Waals surface area contributed by atoms with Gasteiger partial charge in [0.05, 0.1) is 39.1 Å². The zero-order chi connectivity index (χ0) is 41.0. The first kappa shape index (κ1) is 35.6. The van der Waals surface area contributed by atoms with Crippen LogP contribution in [0.4, 0.5) is 0 Å². The van der Waals surface area contributed by atoms with E-state index in [0.717, 1.165) is 88.7 Å². The number of aromatic nitrogens is 3. The van der Waals surface area contributed by atoms with Crippen LogP contribution in [0, 0.1) is 0 Å². The number of pyridine rings is 1. The number of nitrogens with zero attached hydrogens (tertiary/aromatic N) is 5. The molecule has 1 atom stereocenters. The van der Waals surface area contributed by atoms with Crippen LogP contribution in [0.2, 0.25) is 0 Å². The maximum absolute atomic E-state index is 5.43. The molecule has 1 aliphatic rings. The van der Waals surface area contributed by atoms with Gasteiger partial charge >= 0.3 is 0 Å². The molecule has 0 saturated carbocycles. The molecule has 292 valence electrons. The molecule has 12 rings (SSSR count). The van der Waals surface area contributed by atoms with Crippen molar-refractivity contribution < 1.29 is 0 Å². The molecule has 0 radical (unpaired) electrons. The monoisotopic (exact) mass is 794 g/mol. The van der Waals surface area contributed by atoms with Gasteiger partial charge in [-0.1, -0.05) is 188 Å². The van der Waals surface area contributed by atoms with Crippen LogP contribution in [0.3, 0.4) is 0 Å². The van der Waals surface area contributed by atoms with Gasteiger partial charge in [-0.05, 0) is 47.0 Å². The Hall–Kier alpha value is -8.35. The summed E-state index contributed by atoms with van der Waals surface area (Å²) in [5.41, 5.74) is 13.5. The van der Waals surface area contributed by atoms with Crippen molar-refractivity contribution in [2.45, 2.75) is 6.17 Å². The van der Waals surface area contributed by atoms with E-state index >= 15 is 0 Å². The van der Waals surface area contributed by atoms with Crippen LogP contribution in [-0.4, -0.2) is 25.9 Å². The third kappa shape index (κ3) is 5.92. The fourth-order valence-corrected chi connectivity index (χ4v) is 9.15. The van der Waals surface area contributed by atoms with Crippen LogP contribution >= 0.6 is 0 Å². The summed E-state index contributed by atoms with van der Waals surface area (Å²) in [7, 11) is 0. The Morgan fingerprint density at radius 1 is 0.403 bits per heavy atom. The van der Waals surface area contributed by atoms with Gasteiger partial charge in [-0.2, -0.15) is 4.99 Å². The quantitative estimate of drug-likeness (QED) is 0.182. The number of aliphatic imine (C=N–C) groups is 2. The molecule has 6 nitrogen and oxygen atoms in total. The fraction of sp³-hybridized carbons (Fsp3) is 0.0179. The van der Waals surface area contributed by atoms with Gasteiger partial charge in [0, 0.05) is 38.2 Å². The number of fused-ring (bicyclic) bond motifs is 7. The highest BCUT2D eigenvalue weighted by molar-refractivity contribution is 6.26. The molecule has 1 unspecified atom stereocenters. The standard InChI is InChI=1S/C56H38N6/c1-5-19-37(20-6-1)41-35-47(38-21-7-2-8-22-38)57-48(36-41)46-29-15-18-32-51(46)61-49-30-16-13-27-42(49)44-33-34-45-43-28-14-17-31-50(43)62(53(45)52(44)61)56-59-54(39-23-9-3-10-24-39)58-55(60-56)40-25-11-4-12-26-40/h1-36,54H,(H,58,59,60). The average molecular weight is 795 g/mol. The summed E-state index contributed by atoms with van der Waals surface area (Å²) in [6, 6.07) is 76.8. The van der Waals surface area contributed by atoms with Crippen molar-refractivity contribution in [3.05, 3.63) is 230 Å². The lowest BCUT2D eigenvalue weighted by Crippen LogP contribution is -2.37. The summed E-state index contributed by atoms with van der Waals surface area (Å²) in [4.78, 5) is 16.0. The van der Waals surface area contributed by atoms with Gasteiger partial charge in [-0.25, -0.2) is 9.98 Å². The lowest BCUT2D eigenvalue weighted by molar-refractivity contribution is 0.661. The minimum atomic E-state index is -0.359. The number of rotatable bonds is 6. The molecule has 0 spiro atoms. The molecule has 0 aliphatic carbocycles. The molecule has 1 N–H and O–H groups in total. The predicted octanol–water partition coefficient (Wildman–Crippen LogP) is 13.2. The van der Waals surface area contributed by atoms with Gasteiger partial charge in [0.2, 0.25) is 5.96 Å². The average Bonchev–Trinajstić information content (AvgIpc) is 3.88. The molecule has 0 amide bonds. The molecule has 11 aromatic rings. The normalized spacial score (nSPS) is 14.0. The second-order valence-corrected chi connectivity index (χ2v) is 15.7. The molecular weight excluding hydrogens is 757 g/mol. The van der Waals surface area contributed by atoms with Crippen LogP contribution in [0.1, 0.15) is 17.3 Å². The minimum Gasteiger partial charge on any atom is -0.330 e. The fourth-order valence-electron chi connectivity index (χ4n) is 9.15. The van der Waals surface area contributed by atoms with E-state index in [9.17, 15) is 0 Å². The van der Waals surface area contributed by atoms with Crippen molar-refractivity contribution in [1.29, 1.82) is 0 Å². The van der Waals surface area contributed by atoms with E-state index in [1.807, 2.05) is 24.3 Å². The Morgan fingerprint density at radius 2 is 0.919 bits per heavy atom. The Kier molecular flexibility index (Phi) is 8.45. The highest BCUT2D eigenvalue weighted by atomic mass is 15.3. The van der Waals surface area contributed by atoms with E-state index in [2.05, 4.69) is 209 Å². The highest BCUT2D eigenvalue weighted by Gasteiger charge is 2.27. The first-order valence-corrected chi connectivity index (χ1v) is 21.0. The molecule has 0 fully saturated rings. The molecule has 62 heavy (non-hydrogen) atoms. The molecule has 6 heteroatoms. The lowest BCUT2D eigenvalue weighted by atomic mass is 9.99. The minimum absolute atomic E-state index is 0.359. The van der Waals surface area contributed by atoms with Crippen molar-refractivity contribution in [2.75, 3.05) is 0 Å². The Bertz CT molecular complexity index is 3470. The smallest absolute Gasteiger partial charge is 0.212 e. The van der Waals surface area contributed by atoms with E-state index in [0.29, 0.717) is 11.8 Å². The predicted molar refractivity (Wildman–Crippen MR) is 256 cm³/mol. The summed E-state index contributed by atoms with van der Waals surface area (Å²) in [5, 5.41) is 8.39. The largest absolute Gasteiger partial charge is 0.330 e. The number of hydrogen-bond acceptors (Lipinski definition) is 4. The van der Waals surface area contributed by atoms with Crippen molar-refractivity contribution in [3.8, 4) is 39.3 Å². The maximum atomic E-state index is 5.43. The van der Waals surface area contributed by atoms with E-state index in [4.69, 9.17) is 15.0 Å². The van der Waals surface area contributed by atoms with Crippen molar-refractivity contribution in [2.24, 2.45) is 9.98 Å². The summed E-state index contributed by atoms with van der Waals surface area (Å²) in [6.07, 6.45) is -0.359. The SMILES string of the molecule is c1ccc(C2=NC(c3ccccc3)NC(n3c4ccccc4c4ccc5c6ccccc6n(-c6ccccc6-c6cc(-c7ccccc7)cc(-c7ccccc7)n6)c5c43)=N2)cc1. The summed E-state index contributed by atoms with van der Waals surface area (Å²) < 4.78 is 4.77. The van der Waals surface area contributed by atoms with E-state index in [1.54, 1.807) is 0 Å². The Balaban J connectivity index is 1.16. The van der Waals surface area contributed by atoms with Gasteiger partial charge in [-0.15, -0.1) is 0 Å². The van der Waals surface area contributed by atoms with E-state index in [-0.39, 0.29) is 6.17 Å². The van der Waals surface area contributed by atoms with Crippen molar-refractivity contribution in [3.63, 3.8) is 0 Å². The van der Waals surface area contributed by atoms with Crippen LogP contribution in [0.25, 0.3) is 82.9 Å². The number of amidine groups is 1. The summed E-state index contributed by atoms with van der Waals surface area (Å²) >= 11 is 0. The number of benzene rings is 8. The molecule has 0 bridgehead atoms. The van der Waals surface area contributed by atoms with Crippen LogP contribution in [-0.2, 0) is 0 Å². The Morgan fingerprint density at radius 3 is 1.60 bits per heavy atom. The number of hydrogen-bond donors (Lipinski definition) is 1. The van der Waals surface area contributed by atoms with Crippen LogP contribution in [0.5, 0.6) is 0 Å². The van der Waals surface area contributed by atoms with Gasteiger partial charge in [0.15, 0.2) is 5.84 Å². The molecule has 0 saturated heterocycles. The third-order valence-electron chi connectivity index (χ3n) is 12.0. The molecular formula is C56H38N6. The first-order valence-electron chi connectivity index (χ1n) is 21.0. The second kappa shape index (κ2) is 14.7. The first-order chi connectivity index (χ1) is 30.8. The maximum Gasteiger partial charge on any atom is 0.212 e. The van der Waals surface area contributed by atoms with Crippen molar-refractivity contribution in [1.82, 2.24) is 19.4 Å². The van der Waals surface area contributed by atoms with Crippen LogP contribution in [0.15, 0.2) is 228 Å². The van der Waals surface area contributed by atoms with Gasteiger partial charge < -0.3 is 9.88 Å². The summed E-state index contributed by atoms with van der Waals surface area (Å²) in [6.45, 7) is 0. The van der Waals surface area contributed by atoms with Gasteiger partial charge in [0.1, 0.15) is 6.17 Å². The zero-order valence-corrected chi connectivity index (χ0v) is 33.6. The number of nitrogens with one attached hydrogen (secondary N) is 1. The molecule has 8 aromatic carbocycles. The topological polar surface area (TPSA) is 59.5 Å². The molecule has 3 aromatic heterocycles. The van der Waals surface area contributed by atoms with Crippen molar-refractivity contribution >= 4 is 55.4 Å². The number of para-hydroxylation sites is 3. The third-order valence-corrected chi connectivity index (χ3v) is 12.0. The van der Waals surface area contributed by atoms with E-state index in [1.165, 1.54) is 5.39 Å². The second-order valence-electron chi connectivity index (χ2n) is 15.7. The molecule has 1 aliphatic heterocycles.